The molecule has 2 aromatic heterocycles. The number of imidazole rings is 1. The fraction of sp³-hybridized carbons (Fsp3) is 0.471. The second-order valence-electron chi connectivity index (χ2n) is 6.06. The molecule has 0 saturated carbocycles. The van der Waals surface area contributed by atoms with E-state index >= 15 is 0 Å². The second kappa shape index (κ2) is 6.90. The Morgan fingerprint density at radius 3 is 2.62 bits per heavy atom. The van der Waals surface area contributed by atoms with Crippen molar-refractivity contribution < 1.29 is 9.59 Å². The molecule has 1 saturated heterocycles. The summed E-state index contributed by atoms with van der Waals surface area (Å²) in [5.74, 6) is 0.838. The topological polar surface area (TPSA) is 81.0 Å². The Morgan fingerprint density at radius 1 is 1.25 bits per heavy atom. The van der Waals surface area contributed by atoms with Gasteiger partial charge in [-0.15, -0.1) is 0 Å². The van der Waals surface area contributed by atoms with E-state index in [1.165, 1.54) is 0 Å². The molecule has 1 aliphatic heterocycles. The van der Waals surface area contributed by atoms with E-state index in [0.717, 1.165) is 19.3 Å². The van der Waals surface area contributed by atoms with Crippen molar-refractivity contribution in [1.29, 1.82) is 0 Å². The smallest absolute Gasteiger partial charge is 0.257 e. The molecular formula is C17H21N5O2. The molecule has 0 radical (unpaired) electrons. The number of aromatic nitrogens is 4. The summed E-state index contributed by atoms with van der Waals surface area (Å²) >= 11 is 0. The van der Waals surface area contributed by atoms with E-state index in [4.69, 9.17) is 0 Å². The van der Waals surface area contributed by atoms with Crippen molar-refractivity contribution in [1.82, 2.24) is 24.4 Å². The summed E-state index contributed by atoms with van der Waals surface area (Å²) in [5, 5.41) is 0. The maximum absolute atomic E-state index is 12.6. The van der Waals surface area contributed by atoms with Crippen LogP contribution in [0.1, 0.15) is 46.6 Å². The summed E-state index contributed by atoms with van der Waals surface area (Å²) in [6.45, 7) is 3.04. The van der Waals surface area contributed by atoms with Crippen molar-refractivity contribution in [3.8, 4) is 0 Å². The summed E-state index contributed by atoms with van der Waals surface area (Å²) in [6.07, 6.45) is 8.83. The fourth-order valence-electron chi connectivity index (χ4n) is 2.99. The van der Waals surface area contributed by atoms with E-state index in [-0.39, 0.29) is 17.6 Å². The molecule has 24 heavy (non-hydrogen) atoms. The zero-order valence-corrected chi connectivity index (χ0v) is 14.0. The first-order valence-electron chi connectivity index (χ1n) is 8.22. The lowest BCUT2D eigenvalue weighted by Gasteiger charge is -2.31. The normalized spacial score (nSPS) is 17.8. The van der Waals surface area contributed by atoms with E-state index in [9.17, 15) is 9.59 Å². The number of nitrogens with zero attached hydrogens (tertiary/aromatic N) is 5. The number of carbonyl (C=O) groups is 2. The van der Waals surface area contributed by atoms with Crippen LogP contribution in [0.4, 0.5) is 0 Å². The van der Waals surface area contributed by atoms with Gasteiger partial charge in [0.1, 0.15) is 5.82 Å². The Bertz CT molecular complexity index is 738. The van der Waals surface area contributed by atoms with Gasteiger partial charge in [-0.3, -0.25) is 9.59 Å². The third kappa shape index (κ3) is 3.20. The zero-order chi connectivity index (χ0) is 17.1. The highest BCUT2D eigenvalue weighted by atomic mass is 16.2. The lowest BCUT2D eigenvalue weighted by Crippen LogP contribution is -2.42. The lowest BCUT2D eigenvalue weighted by atomic mass is 9.93. The molecule has 1 amide bonds. The minimum Gasteiger partial charge on any atom is -0.338 e. The van der Waals surface area contributed by atoms with Gasteiger partial charge in [0.15, 0.2) is 5.82 Å². The fourth-order valence-corrected chi connectivity index (χ4v) is 2.99. The number of aryl methyl sites for hydroxylation is 2. The third-order valence-electron chi connectivity index (χ3n) is 4.39. The largest absolute Gasteiger partial charge is 0.338 e. The van der Waals surface area contributed by atoms with E-state index in [2.05, 4.69) is 15.0 Å². The molecule has 1 unspecified atom stereocenters. The van der Waals surface area contributed by atoms with Gasteiger partial charge in [0, 0.05) is 57.3 Å². The van der Waals surface area contributed by atoms with Crippen LogP contribution in [0.2, 0.25) is 0 Å². The van der Waals surface area contributed by atoms with Crippen molar-refractivity contribution in [2.75, 3.05) is 13.1 Å². The Kier molecular flexibility index (Phi) is 4.69. The van der Waals surface area contributed by atoms with E-state index < -0.39 is 0 Å². The van der Waals surface area contributed by atoms with Gasteiger partial charge < -0.3 is 9.47 Å². The van der Waals surface area contributed by atoms with Crippen molar-refractivity contribution in [3.63, 3.8) is 0 Å². The predicted molar refractivity (Wildman–Crippen MR) is 87.6 cm³/mol. The van der Waals surface area contributed by atoms with E-state index in [0.29, 0.717) is 30.3 Å². The van der Waals surface area contributed by atoms with Crippen LogP contribution in [0.25, 0.3) is 0 Å². The molecule has 1 aliphatic rings. The van der Waals surface area contributed by atoms with Crippen molar-refractivity contribution >= 4 is 11.7 Å². The van der Waals surface area contributed by atoms with Crippen molar-refractivity contribution in [2.45, 2.75) is 26.2 Å². The average molecular weight is 327 g/mol. The van der Waals surface area contributed by atoms with Crippen LogP contribution in [-0.2, 0) is 13.5 Å². The van der Waals surface area contributed by atoms with E-state index in [1.54, 1.807) is 41.3 Å². The number of carbonyl (C=O) groups excluding carboxylic acids is 2. The molecule has 7 nitrogen and oxygen atoms in total. The Balaban J connectivity index is 1.71. The summed E-state index contributed by atoms with van der Waals surface area (Å²) in [6, 6.07) is 0. The summed E-state index contributed by atoms with van der Waals surface area (Å²) in [4.78, 5) is 39.5. The summed E-state index contributed by atoms with van der Waals surface area (Å²) in [7, 11) is 1.80. The monoisotopic (exact) mass is 327 g/mol. The predicted octanol–water partition coefficient (Wildman–Crippen LogP) is 1.51. The highest BCUT2D eigenvalue weighted by Gasteiger charge is 2.31. The first-order chi connectivity index (χ1) is 11.6. The molecule has 1 atom stereocenters. The first kappa shape index (κ1) is 16.3. The van der Waals surface area contributed by atoms with E-state index in [1.807, 2.05) is 6.92 Å². The van der Waals surface area contributed by atoms with Gasteiger partial charge in [0.25, 0.3) is 5.91 Å². The average Bonchev–Trinajstić information content (AvgIpc) is 3.06. The molecule has 3 rings (SSSR count). The lowest BCUT2D eigenvalue weighted by molar-refractivity contribution is 0.0632. The highest BCUT2D eigenvalue weighted by Crippen LogP contribution is 2.21. The molecule has 0 N–H and O–H groups in total. The molecule has 2 aromatic rings. The van der Waals surface area contributed by atoms with Gasteiger partial charge in [0.2, 0.25) is 5.78 Å². The number of hydrogen-bond donors (Lipinski definition) is 0. The van der Waals surface area contributed by atoms with Crippen LogP contribution in [0.5, 0.6) is 0 Å². The Labute approximate surface area is 140 Å². The van der Waals surface area contributed by atoms with Crippen LogP contribution in [0.3, 0.4) is 0 Å². The molecule has 0 aliphatic carbocycles. The number of amides is 1. The van der Waals surface area contributed by atoms with Gasteiger partial charge >= 0.3 is 0 Å². The minimum atomic E-state index is -0.209. The molecule has 7 heteroatoms. The molecule has 3 heterocycles. The van der Waals surface area contributed by atoms with Crippen LogP contribution in [-0.4, -0.2) is 49.2 Å². The molecular weight excluding hydrogens is 306 g/mol. The van der Waals surface area contributed by atoms with Crippen LogP contribution in [0.15, 0.2) is 24.8 Å². The van der Waals surface area contributed by atoms with Crippen LogP contribution in [0, 0.1) is 5.92 Å². The Morgan fingerprint density at radius 2 is 2.00 bits per heavy atom. The van der Waals surface area contributed by atoms with Crippen molar-refractivity contribution in [2.24, 2.45) is 13.0 Å². The van der Waals surface area contributed by atoms with Gasteiger partial charge in [-0.2, -0.15) is 0 Å². The van der Waals surface area contributed by atoms with Gasteiger partial charge in [-0.25, -0.2) is 15.0 Å². The maximum atomic E-state index is 12.6. The Hall–Kier alpha value is -2.57. The minimum absolute atomic E-state index is 0.00224. The standard InChI is InChI=1S/C17H21N5O2/c1-3-14-19-9-13(10-20-14)17(24)22-7-4-5-12(11-22)15(23)16-18-6-8-21(16)2/h6,8-10,12H,3-5,7,11H2,1-2H3. The van der Waals surface area contributed by atoms with Crippen LogP contribution >= 0.6 is 0 Å². The quantitative estimate of drug-likeness (QED) is 0.795. The molecule has 126 valence electrons. The highest BCUT2D eigenvalue weighted by molar-refractivity contribution is 5.97. The van der Waals surface area contributed by atoms with Gasteiger partial charge in [-0.05, 0) is 12.8 Å². The molecule has 0 spiro atoms. The molecule has 0 bridgehead atoms. The number of Topliss-reactive ketones (excluding diaryl/α,β-unsaturated/α-hetero) is 1. The number of likely N-dealkylation sites (tertiary alicyclic amines) is 1. The second-order valence-corrected chi connectivity index (χ2v) is 6.06. The zero-order valence-electron chi connectivity index (χ0n) is 14.0. The third-order valence-corrected chi connectivity index (χ3v) is 4.39. The number of piperidine rings is 1. The number of ketones is 1. The summed E-state index contributed by atoms with van der Waals surface area (Å²) < 4.78 is 1.72. The van der Waals surface area contributed by atoms with Crippen molar-refractivity contribution in [3.05, 3.63) is 42.0 Å². The first-order valence-corrected chi connectivity index (χ1v) is 8.22. The number of hydrogen-bond acceptors (Lipinski definition) is 5. The summed E-state index contributed by atoms with van der Waals surface area (Å²) in [5.41, 5.74) is 0.470. The number of rotatable bonds is 4. The van der Waals surface area contributed by atoms with Crippen LogP contribution < -0.4 is 0 Å². The maximum Gasteiger partial charge on any atom is 0.257 e. The molecule has 1 fully saturated rings. The SMILES string of the molecule is CCc1ncc(C(=O)N2CCCC(C(=O)c3nccn3C)C2)cn1. The molecule has 0 aromatic carbocycles. The van der Waals surface area contributed by atoms with Gasteiger partial charge in [0.05, 0.1) is 5.56 Å². The van der Waals surface area contributed by atoms with Gasteiger partial charge in [-0.1, -0.05) is 6.92 Å².